The summed E-state index contributed by atoms with van der Waals surface area (Å²) in [4.78, 5) is 29.6. The Morgan fingerprint density at radius 2 is 1.96 bits per heavy atom. The Morgan fingerprint density at radius 3 is 2.61 bits per heavy atom. The number of hydrogen-bond donors (Lipinski definition) is 0. The second-order valence-corrected chi connectivity index (χ2v) is 6.38. The molecule has 1 saturated heterocycles. The molecule has 0 radical (unpaired) electrons. The molecule has 1 aromatic carbocycles. The molecule has 1 aromatic heterocycles. The van der Waals surface area contributed by atoms with Crippen LogP contribution < -0.4 is 14.2 Å². The smallest absolute Gasteiger partial charge is 0.286 e. The van der Waals surface area contributed by atoms with Crippen LogP contribution in [0.5, 0.6) is 17.4 Å². The Kier molecular flexibility index (Phi) is 5.62. The third-order valence-electron chi connectivity index (χ3n) is 4.51. The second kappa shape index (κ2) is 8.12. The number of methoxy groups -OCH3 is 2. The van der Waals surface area contributed by atoms with Crippen molar-refractivity contribution in [3.8, 4) is 17.4 Å². The van der Waals surface area contributed by atoms with Crippen molar-refractivity contribution < 1.29 is 23.9 Å². The molecule has 28 heavy (non-hydrogen) atoms. The number of benzene rings is 1. The van der Waals surface area contributed by atoms with Crippen molar-refractivity contribution in [1.82, 2.24) is 9.88 Å². The third-order valence-corrected chi connectivity index (χ3v) is 4.51. The van der Waals surface area contributed by atoms with E-state index in [1.807, 2.05) is 19.1 Å². The minimum atomic E-state index is -0.601. The molecule has 3 rings (SSSR count). The first-order valence-corrected chi connectivity index (χ1v) is 8.73. The molecular formula is C19H21N3O6. The van der Waals surface area contributed by atoms with Crippen molar-refractivity contribution in [1.29, 1.82) is 0 Å². The first-order valence-electron chi connectivity index (χ1n) is 8.73. The zero-order valence-corrected chi connectivity index (χ0v) is 15.9. The fraction of sp³-hybridized carbons (Fsp3) is 0.368. The molecule has 0 N–H and O–H groups in total. The van der Waals surface area contributed by atoms with E-state index < -0.39 is 10.8 Å². The molecule has 2 aromatic rings. The topological polar surface area (TPSA) is 104 Å². The van der Waals surface area contributed by atoms with E-state index >= 15 is 0 Å². The summed E-state index contributed by atoms with van der Waals surface area (Å²) in [6, 6.07) is 8.02. The van der Waals surface area contributed by atoms with Crippen LogP contribution in [0.4, 0.5) is 5.69 Å². The molecular weight excluding hydrogens is 366 g/mol. The Morgan fingerprint density at radius 1 is 1.25 bits per heavy atom. The van der Waals surface area contributed by atoms with Crippen molar-refractivity contribution in [2.45, 2.75) is 19.4 Å². The van der Waals surface area contributed by atoms with E-state index in [9.17, 15) is 14.9 Å². The maximum Gasteiger partial charge on any atom is 0.286 e. The van der Waals surface area contributed by atoms with Crippen LogP contribution in [0.3, 0.4) is 0 Å². The monoisotopic (exact) mass is 387 g/mol. The van der Waals surface area contributed by atoms with E-state index in [1.54, 1.807) is 6.07 Å². The lowest BCUT2D eigenvalue weighted by atomic mass is 10.1. The number of aryl methyl sites for hydroxylation is 1. The summed E-state index contributed by atoms with van der Waals surface area (Å²) in [5, 5.41) is 11.5. The molecule has 1 unspecified atom stereocenters. The van der Waals surface area contributed by atoms with Gasteiger partial charge < -0.3 is 19.1 Å². The Balaban J connectivity index is 1.79. The zero-order valence-electron chi connectivity index (χ0n) is 15.9. The van der Waals surface area contributed by atoms with Crippen molar-refractivity contribution in [3.05, 3.63) is 51.7 Å². The average molecular weight is 387 g/mol. The number of aromatic nitrogens is 1. The van der Waals surface area contributed by atoms with E-state index in [2.05, 4.69) is 4.98 Å². The number of pyridine rings is 1. The van der Waals surface area contributed by atoms with Gasteiger partial charge in [-0.3, -0.25) is 14.9 Å². The lowest BCUT2D eigenvalue weighted by Gasteiger charge is -2.18. The molecule has 1 atom stereocenters. The lowest BCUT2D eigenvalue weighted by Crippen LogP contribution is -2.31. The van der Waals surface area contributed by atoms with Gasteiger partial charge in [0.15, 0.2) is 11.5 Å². The Labute approximate surface area is 162 Å². The fourth-order valence-corrected chi connectivity index (χ4v) is 3.12. The van der Waals surface area contributed by atoms with E-state index in [0.29, 0.717) is 25.4 Å². The standard InChI is InChI=1S/C19H21N3O6/c1-12-5-4-6-18(20-12)28-13-7-8-21(11-13)19(23)14-9-16(26-2)17(27-3)10-15(14)22(24)25/h4-6,9-10,13H,7-8,11H2,1-3H3. The molecule has 9 heteroatoms. The number of nitro groups is 1. The highest BCUT2D eigenvalue weighted by molar-refractivity contribution is 5.99. The highest BCUT2D eigenvalue weighted by Gasteiger charge is 2.33. The SMILES string of the molecule is COc1cc(C(=O)N2CCC(Oc3cccc(C)n3)C2)c([N+](=O)[O-])cc1OC. The minimum Gasteiger partial charge on any atom is -0.493 e. The van der Waals surface area contributed by atoms with Gasteiger partial charge in [0.2, 0.25) is 5.88 Å². The van der Waals surface area contributed by atoms with Gasteiger partial charge in [0.05, 0.1) is 31.8 Å². The van der Waals surface area contributed by atoms with E-state index in [-0.39, 0.29) is 28.9 Å². The summed E-state index contributed by atoms with van der Waals surface area (Å²) >= 11 is 0. The summed E-state index contributed by atoms with van der Waals surface area (Å²) in [5.41, 5.74) is 0.466. The third kappa shape index (κ3) is 3.98. The van der Waals surface area contributed by atoms with Gasteiger partial charge in [0.25, 0.3) is 11.6 Å². The summed E-state index contributed by atoms with van der Waals surface area (Å²) in [6.45, 7) is 2.62. The van der Waals surface area contributed by atoms with Gasteiger partial charge in [0, 0.05) is 30.8 Å². The highest BCUT2D eigenvalue weighted by atomic mass is 16.6. The number of nitrogens with zero attached hydrogens (tertiary/aromatic N) is 3. The Bertz CT molecular complexity index is 901. The summed E-state index contributed by atoms with van der Waals surface area (Å²) < 4.78 is 16.1. The van der Waals surface area contributed by atoms with Crippen LogP contribution in [-0.4, -0.2) is 54.1 Å². The van der Waals surface area contributed by atoms with Gasteiger partial charge in [-0.25, -0.2) is 4.98 Å². The van der Waals surface area contributed by atoms with Crippen LogP contribution in [0, 0.1) is 17.0 Å². The van der Waals surface area contributed by atoms with Crippen LogP contribution in [0.2, 0.25) is 0 Å². The summed E-state index contributed by atoms with van der Waals surface area (Å²) in [6.07, 6.45) is 0.389. The van der Waals surface area contributed by atoms with Gasteiger partial charge in [-0.2, -0.15) is 0 Å². The van der Waals surface area contributed by atoms with Gasteiger partial charge in [-0.05, 0) is 13.0 Å². The zero-order chi connectivity index (χ0) is 20.3. The van der Waals surface area contributed by atoms with Gasteiger partial charge in [0.1, 0.15) is 11.7 Å². The van der Waals surface area contributed by atoms with Crippen molar-refractivity contribution >= 4 is 11.6 Å². The summed E-state index contributed by atoms with van der Waals surface area (Å²) in [5.74, 6) is 0.499. The van der Waals surface area contributed by atoms with Crippen LogP contribution in [0.15, 0.2) is 30.3 Å². The number of amides is 1. The number of ether oxygens (including phenoxy) is 3. The number of rotatable bonds is 6. The molecule has 1 aliphatic heterocycles. The quantitative estimate of drug-likeness (QED) is 0.554. The van der Waals surface area contributed by atoms with Crippen LogP contribution in [0.1, 0.15) is 22.5 Å². The van der Waals surface area contributed by atoms with E-state index in [1.165, 1.54) is 31.3 Å². The average Bonchev–Trinajstić information content (AvgIpc) is 3.14. The molecule has 0 spiro atoms. The summed E-state index contributed by atoms with van der Waals surface area (Å²) in [7, 11) is 2.79. The lowest BCUT2D eigenvalue weighted by molar-refractivity contribution is -0.385. The molecule has 1 aliphatic rings. The van der Waals surface area contributed by atoms with Crippen molar-refractivity contribution in [2.24, 2.45) is 0 Å². The number of carbonyl (C=O) groups excluding carboxylic acids is 1. The molecule has 9 nitrogen and oxygen atoms in total. The molecule has 0 aliphatic carbocycles. The Hall–Kier alpha value is -3.36. The molecule has 1 fully saturated rings. The first kappa shape index (κ1) is 19.4. The maximum atomic E-state index is 12.9. The molecule has 2 heterocycles. The van der Waals surface area contributed by atoms with Crippen molar-refractivity contribution in [2.75, 3.05) is 27.3 Å². The molecule has 0 bridgehead atoms. The predicted molar refractivity (Wildman–Crippen MR) is 100 cm³/mol. The van der Waals surface area contributed by atoms with Crippen molar-refractivity contribution in [3.63, 3.8) is 0 Å². The number of nitro benzene ring substituents is 1. The largest absolute Gasteiger partial charge is 0.493 e. The molecule has 0 saturated carbocycles. The number of carbonyl (C=O) groups is 1. The van der Waals surface area contributed by atoms with Gasteiger partial charge in [-0.15, -0.1) is 0 Å². The molecule has 1 amide bonds. The minimum absolute atomic E-state index is 0.0445. The normalized spacial score (nSPS) is 16.0. The highest BCUT2D eigenvalue weighted by Crippen LogP contribution is 2.35. The first-order chi connectivity index (χ1) is 13.4. The molecule has 148 valence electrons. The number of likely N-dealkylation sites (tertiary alicyclic amines) is 1. The fourth-order valence-electron chi connectivity index (χ4n) is 3.12. The maximum absolute atomic E-state index is 12.9. The van der Waals surface area contributed by atoms with Gasteiger partial charge >= 0.3 is 0 Å². The predicted octanol–water partition coefficient (Wildman–Crippen LogP) is 2.61. The van der Waals surface area contributed by atoms with Crippen LogP contribution in [0.25, 0.3) is 0 Å². The van der Waals surface area contributed by atoms with E-state index in [0.717, 1.165) is 5.69 Å². The van der Waals surface area contributed by atoms with Crippen LogP contribution >= 0.6 is 0 Å². The van der Waals surface area contributed by atoms with Crippen LogP contribution in [-0.2, 0) is 0 Å². The number of hydrogen-bond acceptors (Lipinski definition) is 7. The van der Waals surface area contributed by atoms with Gasteiger partial charge in [-0.1, -0.05) is 6.07 Å². The second-order valence-electron chi connectivity index (χ2n) is 6.38. The van der Waals surface area contributed by atoms with E-state index in [4.69, 9.17) is 14.2 Å².